The Balaban J connectivity index is 1.63. The van der Waals surface area contributed by atoms with Gasteiger partial charge >= 0.3 is 0 Å². The molecule has 0 amide bonds. The highest BCUT2D eigenvalue weighted by atomic mass is 79.9. The monoisotopic (exact) mass is 466 g/mol. The Kier molecular flexibility index (Phi) is 4.79. The maximum absolute atomic E-state index is 5.12. The van der Waals surface area contributed by atoms with Crippen LogP contribution in [-0.4, -0.2) is 31.4 Å². The molecule has 6 heteroatoms. The molecule has 5 rings (SSSR count). The molecule has 4 nitrogen and oxygen atoms in total. The van der Waals surface area contributed by atoms with Gasteiger partial charge < -0.3 is 9.47 Å². The van der Waals surface area contributed by atoms with Crippen LogP contribution in [0.2, 0.25) is 0 Å². The van der Waals surface area contributed by atoms with Gasteiger partial charge in [-0.05, 0) is 55.8 Å². The van der Waals surface area contributed by atoms with Crippen molar-refractivity contribution in [3.63, 3.8) is 0 Å². The number of nitrogens with zero attached hydrogens (tertiary/aromatic N) is 4. The predicted octanol–water partition coefficient (Wildman–Crippen LogP) is 5.84. The van der Waals surface area contributed by atoms with Crippen molar-refractivity contribution >= 4 is 32.9 Å². The average molecular weight is 467 g/mol. The molecule has 29 heavy (non-hydrogen) atoms. The highest BCUT2D eigenvalue weighted by Crippen LogP contribution is 2.48. The fourth-order valence-electron chi connectivity index (χ4n) is 4.55. The number of halogens is 1. The summed E-state index contributed by atoms with van der Waals surface area (Å²) < 4.78 is 3.44. The number of rotatable bonds is 3. The zero-order valence-electron chi connectivity index (χ0n) is 16.7. The SMILES string of the molecule is Cc1cc([C@@H]2[C@@H](c3ccccn3)N=C3S[C@H](C)CN32)c(C)n1-c1cccc(Br)c1. The number of hydrogen-bond donors (Lipinski definition) is 0. The summed E-state index contributed by atoms with van der Waals surface area (Å²) in [6.07, 6.45) is 1.87. The van der Waals surface area contributed by atoms with Gasteiger partial charge in [0.25, 0.3) is 0 Å². The molecule has 148 valence electrons. The number of amidine groups is 1. The molecule has 0 aliphatic carbocycles. The molecule has 3 aromatic rings. The predicted molar refractivity (Wildman–Crippen MR) is 124 cm³/mol. The topological polar surface area (TPSA) is 33.4 Å². The number of pyridine rings is 1. The zero-order chi connectivity index (χ0) is 20.1. The van der Waals surface area contributed by atoms with Gasteiger partial charge in [0.2, 0.25) is 0 Å². The van der Waals surface area contributed by atoms with E-state index >= 15 is 0 Å². The maximum atomic E-state index is 5.12. The Hall–Kier alpha value is -2.05. The van der Waals surface area contributed by atoms with Crippen LogP contribution in [0.4, 0.5) is 0 Å². The summed E-state index contributed by atoms with van der Waals surface area (Å²) in [6, 6.07) is 17.2. The largest absolute Gasteiger partial charge is 0.341 e. The van der Waals surface area contributed by atoms with Crippen molar-refractivity contribution < 1.29 is 0 Å². The van der Waals surface area contributed by atoms with Crippen LogP contribution in [0.1, 0.15) is 41.7 Å². The number of benzene rings is 1. The number of aliphatic imine (C=N–C) groups is 1. The van der Waals surface area contributed by atoms with Crippen LogP contribution in [0, 0.1) is 13.8 Å². The summed E-state index contributed by atoms with van der Waals surface area (Å²) in [7, 11) is 0. The molecule has 1 fully saturated rings. The maximum Gasteiger partial charge on any atom is 0.160 e. The molecule has 2 aromatic heterocycles. The average Bonchev–Trinajstić information content (AvgIpc) is 3.32. The third-order valence-corrected chi connectivity index (χ3v) is 7.33. The van der Waals surface area contributed by atoms with E-state index in [0.29, 0.717) is 5.25 Å². The summed E-state index contributed by atoms with van der Waals surface area (Å²) in [5.41, 5.74) is 6.07. The quantitative estimate of drug-likeness (QED) is 0.485. The Bertz CT molecular complexity index is 1090. The van der Waals surface area contributed by atoms with Gasteiger partial charge in [-0.25, -0.2) is 0 Å². The second kappa shape index (κ2) is 7.33. The van der Waals surface area contributed by atoms with Gasteiger partial charge in [-0.1, -0.05) is 46.7 Å². The Morgan fingerprint density at radius 1 is 1.10 bits per heavy atom. The molecule has 0 saturated carbocycles. The number of thioether (sulfide) groups is 1. The van der Waals surface area contributed by atoms with Crippen molar-refractivity contribution in [3.8, 4) is 5.69 Å². The van der Waals surface area contributed by atoms with E-state index in [1.54, 1.807) is 0 Å². The Morgan fingerprint density at radius 3 is 2.72 bits per heavy atom. The van der Waals surface area contributed by atoms with Crippen LogP contribution in [0.5, 0.6) is 0 Å². The van der Waals surface area contributed by atoms with Gasteiger partial charge in [-0.15, -0.1) is 0 Å². The van der Waals surface area contributed by atoms with Crippen molar-refractivity contribution in [3.05, 3.63) is 81.8 Å². The lowest BCUT2D eigenvalue weighted by atomic mass is 9.96. The summed E-state index contributed by atoms with van der Waals surface area (Å²) in [6.45, 7) is 7.72. The molecule has 0 spiro atoms. The van der Waals surface area contributed by atoms with Crippen molar-refractivity contribution in [1.82, 2.24) is 14.5 Å². The number of hydrogen-bond acceptors (Lipinski definition) is 4. The van der Waals surface area contributed by atoms with E-state index < -0.39 is 0 Å². The zero-order valence-corrected chi connectivity index (χ0v) is 19.1. The molecule has 0 unspecified atom stereocenters. The fourth-order valence-corrected chi connectivity index (χ4v) is 6.03. The molecule has 2 aliphatic rings. The lowest BCUT2D eigenvalue weighted by Crippen LogP contribution is -2.28. The third kappa shape index (κ3) is 3.22. The van der Waals surface area contributed by atoms with Crippen LogP contribution in [0.25, 0.3) is 5.69 Å². The van der Waals surface area contributed by atoms with E-state index in [0.717, 1.165) is 21.9 Å². The lowest BCUT2D eigenvalue weighted by Gasteiger charge is -2.27. The van der Waals surface area contributed by atoms with Crippen molar-refractivity contribution in [1.29, 1.82) is 0 Å². The van der Waals surface area contributed by atoms with Gasteiger partial charge in [0.1, 0.15) is 6.04 Å². The molecular weight excluding hydrogens is 444 g/mol. The normalized spacial score (nSPS) is 23.4. The standard InChI is InChI=1S/C23H23BrN4S/c1-14-11-19(16(3)28(14)18-8-6-7-17(24)12-18)22-21(20-9-4-5-10-25-20)26-23-27(22)13-15(2)29-23/h4-12,15,21-22H,13H2,1-3H3/t15-,21-,22-/m1/s1. The second-order valence-corrected chi connectivity index (χ2v) is 10.1. The minimum atomic E-state index is 0.0302. The second-order valence-electron chi connectivity index (χ2n) is 7.78. The van der Waals surface area contributed by atoms with Crippen LogP contribution < -0.4 is 0 Å². The highest BCUT2D eigenvalue weighted by Gasteiger charge is 2.44. The minimum absolute atomic E-state index is 0.0302. The Morgan fingerprint density at radius 2 is 1.97 bits per heavy atom. The first-order chi connectivity index (χ1) is 14.0. The van der Waals surface area contributed by atoms with Gasteiger partial charge in [0.15, 0.2) is 5.17 Å². The van der Waals surface area contributed by atoms with Gasteiger partial charge in [0, 0.05) is 39.5 Å². The van der Waals surface area contributed by atoms with Crippen LogP contribution in [0.3, 0.4) is 0 Å². The van der Waals surface area contributed by atoms with Crippen LogP contribution in [0.15, 0.2) is 64.2 Å². The minimum Gasteiger partial charge on any atom is -0.341 e. The van der Waals surface area contributed by atoms with Crippen LogP contribution in [-0.2, 0) is 0 Å². The third-order valence-electron chi connectivity index (χ3n) is 5.74. The highest BCUT2D eigenvalue weighted by molar-refractivity contribution is 9.10. The first-order valence-corrected chi connectivity index (χ1v) is 11.6. The van der Waals surface area contributed by atoms with Crippen molar-refractivity contribution in [2.45, 2.75) is 38.1 Å². The number of aromatic nitrogens is 2. The Labute approximate surface area is 184 Å². The van der Waals surface area contributed by atoms with E-state index in [-0.39, 0.29) is 12.1 Å². The van der Waals surface area contributed by atoms with Crippen LogP contribution >= 0.6 is 27.7 Å². The smallest absolute Gasteiger partial charge is 0.160 e. The van der Waals surface area contributed by atoms with E-state index in [1.165, 1.54) is 22.6 Å². The number of fused-ring (bicyclic) bond motifs is 1. The van der Waals surface area contributed by atoms with Crippen molar-refractivity contribution in [2.24, 2.45) is 4.99 Å². The molecule has 2 aliphatic heterocycles. The molecule has 0 radical (unpaired) electrons. The van der Waals surface area contributed by atoms with Gasteiger partial charge in [-0.2, -0.15) is 0 Å². The first-order valence-electron chi connectivity index (χ1n) is 9.89. The van der Waals surface area contributed by atoms with E-state index in [2.05, 4.69) is 93.6 Å². The summed E-state index contributed by atoms with van der Waals surface area (Å²) in [4.78, 5) is 12.3. The number of aryl methyl sites for hydroxylation is 1. The lowest BCUT2D eigenvalue weighted by molar-refractivity contribution is 0.320. The molecular formula is C23H23BrN4S. The van der Waals surface area contributed by atoms with Crippen molar-refractivity contribution in [2.75, 3.05) is 6.54 Å². The summed E-state index contributed by atoms with van der Waals surface area (Å²) in [5, 5.41) is 1.72. The molecule has 1 saturated heterocycles. The summed E-state index contributed by atoms with van der Waals surface area (Å²) >= 11 is 5.50. The van der Waals surface area contributed by atoms with Gasteiger partial charge in [-0.3, -0.25) is 9.98 Å². The molecule has 0 bridgehead atoms. The molecule has 4 heterocycles. The molecule has 0 N–H and O–H groups in total. The summed E-state index contributed by atoms with van der Waals surface area (Å²) in [5.74, 6) is 0. The molecule has 1 aromatic carbocycles. The van der Waals surface area contributed by atoms with E-state index in [1.807, 2.05) is 24.0 Å². The van der Waals surface area contributed by atoms with E-state index in [9.17, 15) is 0 Å². The van der Waals surface area contributed by atoms with E-state index in [4.69, 9.17) is 4.99 Å². The molecule has 3 atom stereocenters. The van der Waals surface area contributed by atoms with Gasteiger partial charge in [0.05, 0.1) is 11.7 Å². The fraction of sp³-hybridized carbons (Fsp3) is 0.304. The first kappa shape index (κ1) is 18.9.